The summed E-state index contributed by atoms with van der Waals surface area (Å²) in [5.74, 6) is 1.60. The Labute approximate surface area is 121 Å². The number of amides is 1. The van der Waals surface area contributed by atoms with E-state index in [2.05, 4.69) is 31.1 Å². The summed E-state index contributed by atoms with van der Waals surface area (Å²) in [5.41, 5.74) is 1.33. The van der Waals surface area contributed by atoms with Crippen molar-refractivity contribution in [2.24, 2.45) is 11.3 Å². The third kappa shape index (κ3) is 3.50. The monoisotopic (exact) mass is 275 g/mol. The van der Waals surface area contributed by atoms with Crippen LogP contribution in [0.5, 0.6) is 0 Å². The van der Waals surface area contributed by atoms with E-state index in [1.165, 1.54) is 0 Å². The maximum absolute atomic E-state index is 12.1. The van der Waals surface area contributed by atoms with Crippen LogP contribution in [0.2, 0.25) is 0 Å². The molecule has 0 aromatic carbocycles. The Balaban J connectivity index is 2.03. The number of pyridine rings is 1. The smallest absolute Gasteiger partial charge is 0.223 e. The third-order valence-electron chi connectivity index (χ3n) is 3.99. The highest BCUT2D eigenvalue weighted by molar-refractivity contribution is 5.78. The molecule has 4 heteroatoms. The Morgan fingerprint density at radius 3 is 2.80 bits per heavy atom. The largest absolute Gasteiger partial charge is 0.370 e. The Hall–Kier alpha value is -1.58. The average Bonchev–Trinajstić information content (AvgIpc) is 2.72. The summed E-state index contributed by atoms with van der Waals surface area (Å²) in [6, 6.07) is 4.01. The third-order valence-corrected chi connectivity index (χ3v) is 3.99. The van der Waals surface area contributed by atoms with E-state index < -0.39 is 0 Å². The Bertz CT molecular complexity index is 479. The molecule has 1 aromatic rings. The van der Waals surface area contributed by atoms with Crippen LogP contribution in [0.4, 0.5) is 5.82 Å². The van der Waals surface area contributed by atoms with Crippen LogP contribution >= 0.6 is 0 Å². The summed E-state index contributed by atoms with van der Waals surface area (Å²) in [4.78, 5) is 18.4. The van der Waals surface area contributed by atoms with Crippen molar-refractivity contribution in [3.05, 3.63) is 23.9 Å². The van der Waals surface area contributed by atoms with Gasteiger partial charge in [-0.25, -0.2) is 4.98 Å². The molecule has 0 bridgehead atoms. The summed E-state index contributed by atoms with van der Waals surface area (Å²) in [7, 11) is 0. The highest BCUT2D eigenvalue weighted by Crippen LogP contribution is 2.34. The number of nitrogens with zero attached hydrogens (tertiary/aromatic N) is 2. The average molecular weight is 275 g/mol. The minimum absolute atomic E-state index is 0.192. The number of hydrogen-bond donors (Lipinski definition) is 1. The van der Waals surface area contributed by atoms with E-state index in [-0.39, 0.29) is 11.3 Å². The number of rotatable bonds is 4. The maximum atomic E-state index is 12.1. The topological polar surface area (TPSA) is 45.2 Å². The van der Waals surface area contributed by atoms with Crippen molar-refractivity contribution in [2.75, 3.05) is 18.4 Å². The zero-order valence-corrected chi connectivity index (χ0v) is 12.9. The maximum Gasteiger partial charge on any atom is 0.223 e. The van der Waals surface area contributed by atoms with Gasteiger partial charge >= 0.3 is 0 Å². The number of hydrogen-bond acceptors (Lipinski definition) is 3. The number of nitrogens with one attached hydrogen (secondary N) is 1. The number of carbonyl (C=O) groups is 1. The lowest BCUT2D eigenvalue weighted by molar-refractivity contribution is -0.128. The first-order chi connectivity index (χ1) is 9.40. The number of anilines is 1. The lowest BCUT2D eigenvalue weighted by Gasteiger charge is -2.26. The van der Waals surface area contributed by atoms with Crippen LogP contribution < -0.4 is 5.32 Å². The van der Waals surface area contributed by atoms with Gasteiger partial charge in [-0.2, -0.15) is 0 Å². The van der Waals surface area contributed by atoms with Crippen molar-refractivity contribution in [3.63, 3.8) is 0 Å². The first-order valence-corrected chi connectivity index (χ1v) is 7.36. The van der Waals surface area contributed by atoms with Crippen LogP contribution in [0.3, 0.4) is 0 Å². The van der Waals surface area contributed by atoms with Crippen molar-refractivity contribution in [2.45, 2.75) is 40.7 Å². The molecule has 1 amide bonds. The van der Waals surface area contributed by atoms with Gasteiger partial charge in [-0.1, -0.05) is 20.8 Å². The van der Waals surface area contributed by atoms with Crippen molar-refractivity contribution < 1.29 is 4.79 Å². The van der Waals surface area contributed by atoms with E-state index in [1.807, 2.05) is 24.0 Å². The molecule has 0 aliphatic carbocycles. The lowest BCUT2D eigenvalue weighted by Crippen LogP contribution is -2.27. The number of carbonyl (C=O) groups excluding carboxylic acids is 1. The van der Waals surface area contributed by atoms with Gasteiger partial charge in [0.15, 0.2) is 0 Å². The van der Waals surface area contributed by atoms with Gasteiger partial charge in [0, 0.05) is 32.3 Å². The van der Waals surface area contributed by atoms with Crippen LogP contribution in [-0.2, 0) is 11.3 Å². The highest BCUT2D eigenvalue weighted by Gasteiger charge is 2.36. The van der Waals surface area contributed by atoms with Gasteiger partial charge < -0.3 is 10.2 Å². The van der Waals surface area contributed by atoms with Gasteiger partial charge in [0.25, 0.3) is 0 Å². The van der Waals surface area contributed by atoms with Crippen molar-refractivity contribution in [1.29, 1.82) is 0 Å². The van der Waals surface area contributed by atoms with E-state index >= 15 is 0 Å². The molecular weight excluding hydrogens is 250 g/mol. The second-order valence-electron chi connectivity index (χ2n) is 6.62. The number of likely N-dealkylation sites (tertiary alicyclic amines) is 1. The standard InChI is InChI=1S/C16H25N3O/c1-5-17-14-8-12(6-7-18-14)10-19-11-13(9-15(19)20)16(2,3)4/h6-8,13H,5,9-11H2,1-4H3,(H,17,18). The van der Waals surface area contributed by atoms with Crippen molar-refractivity contribution in [1.82, 2.24) is 9.88 Å². The molecule has 1 aromatic heterocycles. The van der Waals surface area contributed by atoms with Crippen LogP contribution in [-0.4, -0.2) is 28.9 Å². The molecule has 2 heterocycles. The van der Waals surface area contributed by atoms with Crippen LogP contribution in [0.1, 0.15) is 39.7 Å². The summed E-state index contributed by atoms with van der Waals surface area (Å²) >= 11 is 0. The molecule has 1 atom stereocenters. The quantitative estimate of drug-likeness (QED) is 0.919. The zero-order chi connectivity index (χ0) is 14.8. The molecule has 1 aliphatic heterocycles. The summed E-state index contributed by atoms with van der Waals surface area (Å²) in [5, 5.41) is 3.20. The van der Waals surface area contributed by atoms with Gasteiger partial charge in [0.05, 0.1) is 0 Å². The van der Waals surface area contributed by atoms with Gasteiger partial charge in [-0.05, 0) is 36.0 Å². The Morgan fingerprint density at radius 2 is 2.20 bits per heavy atom. The van der Waals surface area contributed by atoms with Gasteiger partial charge in [-0.3, -0.25) is 4.79 Å². The van der Waals surface area contributed by atoms with Gasteiger partial charge in [-0.15, -0.1) is 0 Å². The molecule has 1 saturated heterocycles. The lowest BCUT2D eigenvalue weighted by atomic mass is 9.80. The van der Waals surface area contributed by atoms with E-state index in [4.69, 9.17) is 0 Å². The molecule has 1 N–H and O–H groups in total. The first-order valence-electron chi connectivity index (χ1n) is 7.36. The normalized spacial score (nSPS) is 19.5. The minimum Gasteiger partial charge on any atom is -0.370 e. The van der Waals surface area contributed by atoms with Crippen LogP contribution in [0, 0.1) is 11.3 Å². The van der Waals surface area contributed by atoms with Crippen LogP contribution in [0.25, 0.3) is 0 Å². The fourth-order valence-corrected chi connectivity index (χ4v) is 2.58. The first kappa shape index (κ1) is 14.8. The molecule has 0 saturated carbocycles. The fourth-order valence-electron chi connectivity index (χ4n) is 2.58. The second kappa shape index (κ2) is 5.81. The molecule has 0 spiro atoms. The molecule has 1 fully saturated rings. The van der Waals surface area contributed by atoms with E-state index in [1.54, 1.807) is 6.20 Å². The molecule has 1 unspecified atom stereocenters. The minimum atomic E-state index is 0.192. The van der Waals surface area contributed by atoms with E-state index in [0.29, 0.717) is 18.9 Å². The molecule has 20 heavy (non-hydrogen) atoms. The summed E-state index contributed by atoms with van der Waals surface area (Å²) in [6.45, 7) is 11.1. The molecule has 2 rings (SSSR count). The van der Waals surface area contributed by atoms with E-state index in [0.717, 1.165) is 24.5 Å². The predicted octanol–water partition coefficient (Wildman–Crippen LogP) is 2.91. The molecular formula is C16H25N3O. The zero-order valence-electron chi connectivity index (χ0n) is 12.9. The van der Waals surface area contributed by atoms with Crippen LogP contribution in [0.15, 0.2) is 18.3 Å². The molecule has 0 radical (unpaired) electrons. The summed E-state index contributed by atoms with van der Waals surface area (Å²) in [6.07, 6.45) is 2.48. The summed E-state index contributed by atoms with van der Waals surface area (Å²) < 4.78 is 0. The van der Waals surface area contributed by atoms with Gasteiger partial charge in [0.2, 0.25) is 5.91 Å². The molecule has 110 valence electrons. The van der Waals surface area contributed by atoms with Crippen molar-refractivity contribution in [3.8, 4) is 0 Å². The van der Waals surface area contributed by atoms with E-state index in [9.17, 15) is 4.79 Å². The Morgan fingerprint density at radius 1 is 1.45 bits per heavy atom. The Kier molecular flexibility index (Phi) is 4.31. The molecule has 1 aliphatic rings. The SMILES string of the molecule is CCNc1cc(CN2CC(C(C)(C)C)CC2=O)ccn1. The second-order valence-corrected chi connectivity index (χ2v) is 6.62. The number of aromatic nitrogens is 1. The molecule has 4 nitrogen and oxygen atoms in total. The highest BCUT2D eigenvalue weighted by atomic mass is 16.2. The fraction of sp³-hybridized carbons (Fsp3) is 0.625. The van der Waals surface area contributed by atoms with Gasteiger partial charge in [0.1, 0.15) is 5.82 Å². The predicted molar refractivity (Wildman–Crippen MR) is 81.4 cm³/mol. The van der Waals surface area contributed by atoms with Crippen molar-refractivity contribution >= 4 is 11.7 Å².